The van der Waals surface area contributed by atoms with Gasteiger partial charge in [-0.15, -0.1) is 0 Å². The first-order valence-corrected chi connectivity index (χ1v) is 6.88. The SMILES string of the molecule is CCn1ncc(Cl)c1C(O)c1c(C)oc2ccccc12. The zero-order valence-electron chi connectivity index (χ0n) is 11.3. The highest BCUT2D eigenvalue weighted by atomic mass is 35.5. The third-order valence-electron chi connectivity index (χ3n) is 3.48. The summed E-state index contributed by atoms with van der Waals surface area (Å²) in [6, 6.07) is 7.65. The van der Waals surface area contributed by atoms with Gasteiger partial charge in [-0.3, -0.25) is 4.68 Å². The Morgan fingerprint density at radius 2 is 2.15 bits per heavy atom. The average molecular weight is 291 g/mol. The van der Waals surface area contributed by atoms with E-state index in [0.717, 1.165) is 16.5 Å². The highest BCUT2D eigenvalue weighted by Crippen LogP contribution is 2.36. The second-order valence-electron chi connectivity index (χ2n) is 4.66. The first kappa shape index (κ1) is 13.2. The second-order valence-corrected chi connectivity index (χ2v) is 5.07. The molecule has 0 fully saturated rings. The minimum Gasteiger partial charge on any atom is -0.461 e. The predicted octanol–water partition coefficient (Wildman–Crippen LogP) is 3.69. The van der Waals surface area contributed by atoms with Crippen molar-refractivity contribution < 1.29 is 9.52 Å². The molecular formula is C15H15ClN2O2. The zero-order valence-corrected chi connectivity index (χ0v) is 12.1. The van der Waals surface area contributed by atoms with Crippen LogP contribution in [-0.4, -0.2) is 14.9 Å². The summed E-state index contributed by atoms with van der Waals surface area (Å²) >= 11 is 6.17. The molecule has 3 aromatic rings. The van der Waals surface area contributed by atoms with Crippen LogP contribution in [0.3, 0.4) is 0 Å². The van der Waals surface area contributed by atoms with Gasteiger partial charge in [-0.2, -0.15) is 5.10 Å². The largest absolute Gasteiger partial charge is 0.461 e. The zero-order chi connectivity index (χ0) is 14.3. The lowest BCUT2D eigenvalue weighted by atomic mass is 10.0. The fraction of sp³-hybridized carbons (Fsp3) is 0.267. The minimum atomic E-state index is -0.853. The van der Waals surface area contributed by atoms with Crippen LogP contribution in [0.5, 0.6) is 0 Å². The molecular weight excluding hydrogens is 276 g/mol. The lowest BCUT2D eigenvalue weighted by Crippen LogP contribution is -2.10. The molecule has 0 saturated carbocycles. The summed E-state index contributed by atoms with van der Waals surface area (Å²) in [5.74, 6) is 0.693. The molecule has 2 aromatic heterocycles. The van der Waals surface area contributed by atoms with Crippen molar-refractivity contribution in [3.8, 4) is 0 Å². The number of aromatic nitrogens is 2. The molecule has 0 aliphatic heterocycles. The van der Waals surface area contributed by atoms with Crippen LogP contribution < -0.4 is 0 Å². The van der Waals surface area contributed by atoms with Crippen LogP contribution in [0.2, 0.25) is 5.02 Å². The second kappa shape index (κ2) is 4.96. The van der Waals surface area contributed by atoms with Crippen LogP contribution >= 0.6 is 11.6 Å². The van der Waals surface area contributed by atoms with Crippen molar-refractivity contribution in [2.75, 3.05) is 0 Å². The van der Waals surface area contributed by atoms with Gasteiger partial charge in [0.1, 0.15) is 17.4 Å². The van der Waals surface area contributed by atoms with Crippen molar-refractivity contribution >= 4 is 22.6 Å². The first-order valence-electron chi connectivity index (χ1n) is 6.50. The van der Waals surface area contributed by atoms with Crippen LogP contribution in [0.15, 0.2) is 34.9 Å². The Bertz CT molecular complexity index is 760. The molecule has 0 saturated heterocycles. The van der Waals surface area contributed by atoms with Crippen molar-refractivity contribution in [1.29, 1.82) is 0 Å². The molecule has 0 aliphatic carbocycles. The van der Waals surface area contributed by atoms with E-state index < -0.39 is 6.10 Å². The van der Waals surface area contributed by atoms with E-state index in [-0.39, 0.29) is 0 Å². The molecule has 20 heavy (non-hydrogen) atoms. The maximum atomic E-state index is 10.7. The number of benzene rings is 1. The van der Waals surface area contributed by atoms with Gasteiger partial charge in [-0.1, -0.05) is 29.8 Å². The average Bonchev–Trinajstić information content (AvgIpc) is 2.97. The molecule has 0 bridgehead atoms. The summed E-state index contributed by atoms with van der Waals surface area (Å²) in [6.45, 7) is 4.45. The van der Waals surface area contributed by atoms with Crippen molar-refractivity contribution in [2.45, 2.75) is 26.5 Å². The number of fused-ring (bicyclic) bond motifs is 1. The third kappa shape index (κ3) is 1.92. The van der Waals surface area contributed by atoms with Gasteiger partial charge in [0.05, 0.1) is 16.9 Å². The normalized spacial score (nSPS) is 13.0. The van der Waals surface area contributed by atoms with E-state index in [9.17, 15) is 5.11 Å². The maximum absolute atomic E-state index is 10.7. The standard InChI is InChI=1S/C15H15ClN2O2/c1-3-18-14(11(16)8-17-18)15(19)13-9(2)20-12-7-5-4-6-10(12)13/h4-8,15,19H,3H2,1-2H3. The summed E-state index contributed by atoms with van der Waals surface area (Å²) in [7, 11) is 0. The number of para-hydroxylation sites is 1. The fourth-order valence-electron chi connectivity index (χ4n) is 2.56. The third-order valence-corrected chi connectivity index (χ3v) is 3.78. The number of hydrogen-bond acceptors (Lipinski definition) is 3. The Kier molecular flexibility index (Phi) is 3.28. The van der Waals surface area contributed by atoms with Gasteiger partial charge in [-0.05, 0) is 19.9 Å². The molecule has 1 unspecified atom stereocenters. The van der Waals surface area contributed by atoms with E-state index in [1.165, 1.54) is 0 Å². The number of aryl methyl sites for hydroxylation is 2. The lowest BCUT2D eigenvalue weighted by Gasteiger charge is -2.13. The van der Waals surface area contributed by atoms with Crippen molar-refractivity contribution in [3.63, 3.8) is 0 Å². The number of rotatable bonds is 3. The van der Waals surface area contributed by atoms with Crippen molar-refractivity contribution in [1.82, 2.24) is 9.78 Å². The maximum Gasteiger partial charge on any atom is 0.134 e. The van der Waals surface area contributed by atoms with E-state index in [1.54, 1.807) is 10.9 Å². The quantitative estimate of drug-likeness (QED) is 0.800. The van der Waals surface area contributed by atoms with Gasteiger partial charge in [-0.25, -0.2) is 0 Å². The van der Waals surface area contributed by atoms with Crippen LogP contribution in [0.1, 0.15) is 30.0 Å². The van der Waals surface area contributed by atoms with Crippen molar-refractivity contribution in [2.24, 2.45) is 0 Å². The van der Waals surface area contributed by atoms with Crippen LogP contribution in [0, 0.1) is 6.92 Å². The van der Waals surface area contributed by atoms with E-state index in [2.05, 4.69) is 5.10 Å². The fourth-order valence-corrected chi connectivity index (χ4v) is 2.80. The van der Waals surface area contributed by atoms with Gasteiger partial charge >= 0.3 is 0 Å². The lowest BCUT2D eigenvalue weighted by molar-refractivity contribution is 0.207. The van der Waals surface area contributed by atoms with Gasteiger partial charge in [0.15, 0.2) is 0 Å². The van der Waals surface area contributed by atoms with E-state index >= 15 is 0 Å². The number of hydrogen-bond donors (Lipinski definition) is 1. The first-order chi connectivity index (χ1) is 9.63. The molecule has 4 nitrogen and oxygen atoms in total. The molecule has 1 atom stereocenters. The van der Waals surface area contributed by atoms with E-state index in [4.69, 9.17) is 16.0 Å². The van der Waals surface area contributed by atoms with Crippen molar-refractivity contribution in [3.05, 3.63) is 52.5 Å². The molecule has 5 heteroatoms. The Labute approximate surface area is 121 Å². The molecule has 2 heterocycles. The number of furan rings is 1. The molecule has 104 valence electrons. The Morgan fingerprint density at radius 3 is 2.90 bits per heavy atom. The van der Waals surface area contributed by atoms with Crippen LogP contribution in [0.4, 0.5) is 0 Å². The van der Waals surface area contributed by atoms with Gasteiger partial charge in [0.25, 0.3) is 0 Å². The number of aliphatic hydroxyl groups excluding tert-OH is 1. The Balaban J connectivity index is 2.20. The Hall–Kier alpha value is -1.78. The van der Waals surface area contributed by atoms with Crippen LogP contribution in [0.25, 0.3) is 11.0 Å². The smallest absolute Gasteiger partial charge is 0.134 e. The summed E-state index contributed by atoms with van der Waals surface area (Å²) < 4.78 is 7.40. The molecule has 1 aromatic carbocycles. The summed E-state index contributed by atoms with van der Waals surface area (Å²) in [4.78, 5) is 0. The number of halogens is 1. The number of nitrogens with zero attached hydrogens (tertiary/aromatic N) is 2. The molecule has 1 N–H and O–H groups in total. The highest BCUT2D eigenvalue weighted by molar-refractivity contribution is 6.31. The molecule has 3 rings (SSSR count). The highest BCUT2D eigenvalue weighted by Gasteiger charge is 2.25. The molecule has 0 spiro atoms. The topological polar surface area (TPSA) is 51.2 Å². The molecule has 0 radical (unpaired) electrons. The summed E-state index contributed by atoms with van der Waals surface area (Å²) in [5.41, 5.74) is 2.11. The van der Waals surface area contributed by atoms with Gasteiger partial charge in [0, 0.05) is 17.5 Å². The minimum absolute atomic E-state index is 0.462. The summed E-state index contributed by atoms with van der Waals surface area (Å²) in [6.07, 6.45) is 0.704. The van der Waals surface area contributed by atoms with Gasteiger partial charge in [0.2, 0.25) is 0 Å². The van der Waals surface area contributed by atoms with E-state index in [1.807, 2.05) is 38.1 Å². The molecule has 0 amide bonds. The Morgan fingerprint density at radius 1 is 1.40 bits per heavy atom. The summed E-state index contributed by atoms with van der Waals surface area (Å²) in [5, 5.41) is 16.3. The van der Waals surface area contributed by atoms with Crippen LogP contribution in [-0.2, 0) is 6.54 Å². The molecule has 0 aliphatic rings. The number of aliphatic hydroxyl groups is 1. The van der Waals surface area contributed by atoms with E-state index in [0.29, 0.717) is 23.0 Å². The predicted molar refractivity (Wildman–Crippen MR) is 77.9 cm³/mol. The monoisotopic (exact) mass is 290 g/mol. The van der Waals surface area contributed by atoms with Gasteiger partial charge < -0.3 is 9.52 Å².